The molecule has 128 valence electrons. The number of benzene rings is 2. The third kappa shape index (κ3) is 3.18. The molecule has 0 bridgehead atoms. The van der Waals surface area contributed by atoms with E-state index in [9.17, 15) is 14.4 Å². The predicted octanol–water partition coefficient (Wildman–Crippen LogP) is 3.25. The smallest absolute Gasteiger partial charge is 0.256 e. The van der Waals surface area contributed by atoms with Crippen LogP contribution in [-0.4, -0.2) is 23.6 Å². The topological polar surface area (TPSA) is 66.5 Å². The normalized spacial score (nSPS) is 17.1. The van der Waals surface area contributed by atoms with Crippen LogP contribution in [0.5, 0.6) is 0 Å². The Morgan fingerprint density at radius 2 is 1.64 bits per heavy atom. The number of imide groups is 1. The van der Waals surface area contributed by atoms with Crippen LogP contribution in [0.3, 0.4) is 0 Å². The van der Waals surface area contributed by atoms with Crippen LogP contribution >= 0.6 is 0 Å². The lowest BCUT2D eigenvalue weighted by Crippen LogP contribution is -2.35. The third-order valence-electron chi connectivity index (χ3n) is 4.44. The van der Waals surface area contributed by atoms with Gasteiger partial charge in [-0.3, -0.25) is 14.4 Å². The quantitative estimate of drug-likeness (QED) is 0.687. The van der Waals surface area contributed by atoms with E-state index in [1.54, 1.807) is 24.3 Å². The molecule has 5 heteroatoms. The van der Waals surface area contributed by atoms with Crippen LogP contribution in [0.4, 0.5) is 11.4 Å². The Hall–Kier alpha value is -2.95. The molecule has 1 aliphatic heterocycles. The lowest BCUT2D eigenvalue weighted by molar-refractivity contribution is -0.121. The summed E-state index contributed by atoms with van der Waals surface area (Å²) in [4.78, 5) is 37.9. The summed E-state index contributed by atoms with van der Waals surface area (Å²) >= 11 is 0. The van der Waals surface area contributed by atoms with E-state index in [1.807, 2.05) is 32.0 Å². The molecule has 2 aromatic carbocycles. The maximum atomic E-state index is 12.8. The van der Waals surface area contributed by atoms with Crippen LogP contribution < -0.4 is 10.2 Å². The predicted molar refractivity (Wildman–Crippen MR) is 96.9 cm³/mol. The number of amides is 2. The number of rotatable bonds is 4. The average Bonchev–Trinajstić information content (AvgIpc) is 2.83. The number of nitrogens with one attached hydrogen (secondary N) is 1. The van der Waals surface area contributed by atoms with Gasteiger partial charge in [-0.15, -0.1) is 0 Å². The fourth-order valence-corrected chi connectivity index (χ4v) is 3.14. The second-order valence-electron chi connectivity index (χ2n) is 6.34. The number of aryl methyl sites for hydroxylation is 2. The summed E-state index contributed by atoms with van der Waals surface area (Å²) in [5.74, 6) is -0.474. The van der Waals surface area contributed by atoms with Gasteiger partial charge in [0.15, 0.2) is 5.78 Å². The van der Waals surface area contributed by atoms with E-state index in [4.69, 9.17) is 0 Å². The second kappa shape index (κ2) is 6.51. The van der Waals surface area contributed by atoms with Crippen LogP contribution in [0.15, 0.2) is 42.5 Å². The summed E-state index contributed by atoms with van der Waals surface area (Å²) in [6, 6.07) is 12.0. The zero-order valence-electron chi connectivity index (χ0n) is 14.5. The fourth-order valence-electron chi connectivity index (χ4n) is 3.14. The molecule has 1 N–H and O–H groups in total. The van der Waals surface area contributed by atoms with Crippen LogP contribution in [0.25, 0.3) is 0 Å². The van der Waals surface area contributed by atoms with E-state index in [1.165, 1.54) is 11.8 Å². The van der Waals surface area contributed by atoms with Crippen LogP contribution in [-0.2, 0) is 9.59 Å². The van der Waals surface area contributed by atoms with Gasteiger partial charge in [0.25, 0.3) is 5.91 Å². The van der Waals surface area contributed by atoms with Gasteiger partial charge in [0.2, 0.25) is 5.91 Å². The van der Waals surface area contributed by atoms with Gasteiger partial charge in [0, 0.05) is 11.3 Å². The highest BCUT2D eigenvalue weighted by molar-refractivity contribution is 6.23. The molecule has 3 rings (SSSR count). The third-order valence-corrected chi connectivity index (χ3v) is 4.44. The minimum Gasteiger partial charge on any atom is -0.373 e. The summed E-state index contributed by atoms with van der Waals surface area (Å²) in [6.45, 7) is 5.29. The van der Waals surface area contributed by atoms with Gasteiger partial charge in [-0.2, -0.15) is 0 Å². The molecule has 0 radical (unpaired) electrons. The zero-order chi connectivity index (χ0) is 18.1. The van der Waals surface area contributed by atoms with Gasteiger partial charge < -0.3 is 5.32 Å². The lowest BCUT2D eigenvalue weighted by Gasteiger charge is -2.20. The van der Waals surface area contributed by atoms with E-state index >= 15 is 0 Å². The monoisotopic (exact) mass is 336 g/mol. The molecule has 25 heavy (non-hydrogen) atoms. The number of carbonyl (C=O) groups excluding carboxylic acids is 3. The highest BCUT2D eigenvalue weighted by Gasteiger charge is 2.40. The highest BCUT2D eigenvalue weighted by Crippen LogP contribution is 2.30. The standard InChI is InChI=1S/C20H20N2O3/c1-12-5-4-6-13(2)19(12)22-18(24)11-17(20(22)25)21-16-9-7-15(8-10-16)14(3)23/h4-10,17,21H,11H2,1-3H3. The molecule has 1 fully saturated rings. The minimum absolute atomic E-state index is 0.0140. The molecule has 0 aliphatic carbocycles. The van der Waals surface area contributed by atoms with E-state index < -0.39 is 6.04 Å². The van der Waals surface area contributed by atoms with Crippen molar-refractivity contribution in [3.8, 4) is 0 Å². The lowest BCUT2D eigenvalue weighted by atomic mass is 10.1. The molecule has 1 saturated heterocycles. The Morgan fingerprint density at radius 1 is 1.04 bits per heavy atom. The van der Waals surface area contributed by atoms with Crippen molar-refractivity contribution in [3.05, 3.63) is 59.2 Å². The summed E-state index contributed by atoms with van der Waals surface area (Å²) in [5.41, 5.74) is 3.78. The molecule has 1 unspecified atom stereocenters. The molecule has 1 atom stereocenters. The molecule has 1 aliphatic rings. The van der Waals surface area contributed by atoms with Crippen molar-refractivity contribution in [3.63, 3.8) is 0 Å². The van der Waals surface area contributed by atoms with E-state index in [0.717, 1.165) is 11.1 Å². The number of nitrogens with zero attached hydrogens (tertiary/aromatic N) is 1. The average molecular weight is 336 g/mol. The molecular weight excluding hydrogens is 316 g/mol. The number of hydrogen-bond donors (Lipinski definition) is 1. The van der Waals surface area contributed by atoms with Crippen LogP contribution in [0.2, 0.25) is 0 Å². The first-order valence-corrected chi connectivity index (χ1v) is 8.19. The Kier molecular flexibility index (Phi) is 4.40. The molecule has 2 aromatic rings. The van der Waals surface area contributed by atoms with Crippen LogP contribution in [0.1, 0.15) is 34.8 Å². The first-order chi connectivity index (χ1) is 11.9. The molecule has 2 amide bonds. The van der Waals surface area contributed by atoms with Gasteiger partial charge in [0.05, 0.1) is 12.1 Å². The molecular formula is C20H20N2O3. The maximum Gasteiger partial charge on any atom is 0.256 e. The Labute approximate surface area is 146 Å². The molecule has 0 aromatic heterocycles. The zero-order valence-corrected chi connectivity index (χ0v) is 14.5. The van der Waals surface area contributed by atoms with Crippen molar-refractivity contribution < 1.29 is 14.4 Å². The minimum atomic E-state index is -0.602. The van der Waals surface area contributed by atoms with Crippen molar-refractivity contribution in [1.82, 2.24) is 0 Å². The van der Waals surface area contributed by atoms with E-state index in [0.29, 0.717) is 16.9 Å². The summed E-state index contributed by atoms with van der Waals surface area (Å²) in [5, 5.41) is 3.10. The van der Waals surface area contributed by atoms with Gasteiger partial charge in [-0.25, -0.2) is 4.90 Å². The number of hydrogen-bond acceptors (Lipinski definition) is 4. The van der Waals surface area contributed by atoms with Crippen molar-refractivity contribution >= 4 is 29.0 Å². The maximum absolute atomic E-state index is 12.8. The molecule has 0 spiro atoms. The van der Waals surface area contributed by atoms with Gasteiger partial charge in [0.1, 0.15) is 6.04 Å². The molecule has 1 heterocycles. The molecule has 0 saturated carbocycles. The highest BCUT2D eigenvalue weighted by atomic mass is 16.2. The Morgan fingerprint density at radius 3 is 2.20 bits per heavy atom. The van der Waals surface area contributed by atoms with Crippen molar-refractivity contribution in [2.24, 2.45) is 0 Å². The van der Waals surface area contributed by atoms with Crippen molar-refractivity contribution in [2.75, 3.05) is 10.2 Å². The fraction of sp³-hybridized carbons (Fsp3) is 0.250. The van der Waals surface area contributed by atoms with Crippen molar-refractivity contribution in [2.45, 2.75) is 33.2 Å². The van der Waals surface area contributed by atoms with Crippen molar-refractivity contribution in [1.29, 1.82) is 0 Å². The first kappa shape index (κ1) is 16.9. The number of carbonyl (C=O) groups is 3. The van der Waals surface area contributed by atoms with Gasteiger partial charge in [-0.1, -0.05) is 18.2 Å². The summed E-state index contributed by atoms with van der Waals surface area (Å²) in [7, 11) is 0. The number of para-hydroxylation sites is 1. The SMILES string of the molecule is CC(=O)c1ccc(NC2CC(=O)N(c3c(C)cccc3C)C2=O)cc1. The Balaban J connectivity index is 1.83. The van der Waals surface area contributed by atoms with E-state index in [-0.39, 0.29) is 24.0 Å². The summed E-state index contributed by atoms with van der Waals surface area (Å²) in [6.07, 6.45) is 0.112. The number of ketones is 1. The number of anilines is 2. The summed E-state index contributed by atoms with van der Waals surface area (Å²) < 4.78 is 0. The largest absolute Gasteiger partial charge is 0.373 e. The second-order valence-corrected chi connectivity index (χ2v) is 6.34. The van der Waals surface area contributed by atoms with Gasteiger partial charge >= 0.3 is 0 Å². The van der Waals surface area contributed by atoms with Gasteiger partial charge in [-0.05, 0) is 56.2 Å². The first-order valence-electron chi connectivity index (χ1n) is 8.19. The Bertz CT molecular complexity index is 835. The number of Topliss-reactive ketones (excluding diaryl/α,β-unsaturated/α-hetero) is 1. The van der Waals surface area contributed by atoms with E-state index in [2.05, 4.69) is 5.32 Å². The van der Waals surface area contributed by atoms with Crippen LogP contribution in [0, 0.1) is 13.8 Å². The molecule has 5 nitrogen and oxygen atoms in total.